The van der Waals surface area contributed by atoms with Crippen molar-refractivity contribution in [3.05, 3.63) is 100 Å². The molecule has 1 N–H and O–H groups in total. The number of thioether (sulfide) groups is 1. The maximum absolute atomic E-state index is 13.7. The van der Waals surface area contributed by atoms with Crippen molar-refractivity contribution in [2.75, 3.05) is 12.4 Å². The molecule has 0 amide bonds. The van der Waals surface area contributed by atoms with Crippen LogP contribution in [-0.2, 0) is 21.6 Å². The normalized spacial score (nSPS) is 12.5. The summed E-state index contributed by atoms with van der Waals surface area (Å²) in [5.41, 5.74) is -6.20. The van der Waals surface area contributed by atoms with Gasteiger partial charge in [-0.05, 0) is 42.8 Å². The molecule has 0 bridgehead atoms. The molecule has 0 saturated carbocycles. The number of aliphatic hydroxyl groups is 1. The minimum atomic E-state index is -6.05. The molecule has 0 fully saturated rings. The summed E-state index contributed by atoms with van der Waals surface area (Å²) in [6.45, 7) is 1.87. The van der Waals surface area contributed by atoms with Gasteiger partial charge in [0.25, 0.3) is 11.2 Å². The molecular formula is C28H22F6N2O4S. The second-order valence-electron chi connectivity index (χ2n) is 8.86. The van der Waals surface area contributed by atoms with Gasteiger partial charge in [-0.2, -0.15) is 26.3 Å². The van der Waals surface area contributed by atoms with Crippen LogP contribution < -0.4 is 5.56 Å². The molecule has 4 rings (SSSR count). The highest BCUT2D eigenvalue weighted by Crippen LogP contribution is 2.50. The van der Waals surface area contributed by atoms with Crippen LogP contribution in [0, 0.1) is 0 Å². The highest BCUT2D eigenvalue weighted by Gasteiger charge is 2.71. The van der Waals surface area contributed by atoms with Gasteiger partial charge in [-0.3, -0.25) is 14.2 Å². The number of esters is 1. The lowest BCUT2D eigenvalue weighted by Gasteiger charge is -2.32. The number of fused-ring (bicyclic) bond motifs is 1. The first-order valence-electron chi connectivity index (χ1n) is 12.1. The van der Waals surface area contributed by atoms with Crippen LogP contribution in [0.3, 0.4) is 0 Å². The van der Waals surface area contributed by atoms with Crippen molar-refractivity contribution < 1.29 is 41.0 Å². The summed E-state index contributed by atoms with van der Waals surface area (Å²) in [7, 11) is 0. The minimum absolute atomic E-state index is 0.0180. The van der Waals surface area contributed by atoms with Gasteiger partial charge >= 0.3 is 18.3 Å². The predicted octanol–water partition coefficient (Wildman–Crippen LogP) is 5.94. The van der Waals surface area contributed by atoms with Gasteiger partial charge in [0.2, 0.25) is 0 Å². The molecule has 3 aromatic carbocycles. The maximum atomic E-state index is 13.7. The number of rotatable bonds is 8. The Morgan fingerprint density at radius 2 is 1.59 bits per heavy atom. The topological polar surface area (TPSA) is 81.4 Å². The van der Waals surface area contributed by atoms with Crippen molar-refractivity contribution in [3.63, 3.8) is 0 Å². The third kappa shape index (κ3) is 6.10. The second kappa shape index (κ2) is 11.6. The molecule has 13 heteroatoms. The molecule has 0 aliphatic heterocycles. The van der Waals surface area contributed by atoms with Crippen LogP contribution in [0.4, 0.5) is 26.3 Å². The molecule has 1 aromatic heterocycles. The zero-order valence-corrected chi connectivity index (χ0v) is 22.1. The Bertz CT molecular complexity index is 1590. The summed E-state index contributed by atoms with van der Waals surface area (Å²) in [4.78, 5) is 30.6. The van der Waals surface area contributed by atoms with Crippen molar-refractivity contribution in [2.24, 2.45) is 0 Å². The van der Waals surface area contributed by atoms with Crippen LogP contribution in [0.5, 0.6) is 0 Å². The van der Waals surface area contributed by atoms with Crippen LogP contribution >= 0.6 is 11.8 Å². The average molecular weight is 597 g/mol. The molecule has 0 spiro atoms. The van der Waals surface area contributed by atoms with Crippen molar-refractivity contribution >= 4 is 28.6 Å². The molecule has 216 valence electrons. The first-order chi connectivity index (χ1) is 19.3. The average Bonchev–Trinajstić information content (AvgIpc) is 2.91. The number of ether oxygens (including phenoxy) is 1. The number of halogens is 6. The molecular weight excluding hydrogens is 574 g/mol. The minimum Gasteiger partial charge on any atom is -0.465 e. The lowest BCUT2D eigenvalue weighted by atomic mass is 9.92. The fourth-order valence-electron chi connectivity index (χ4n) is 4.15. The Labute approximate surface area is 233 Å². The van der Waals surface area contributed by atoms with Gasteiger partial charge in [0.05, 0.1) is 29.0 Å². The summed E-state index contributed by atoms with van der Waals surface area (Å²) in [6, 6.07) is 16.3. The third-order valence-electron chi connectivity index (χ3n) is 6.14. The third-order valence-corrected chi connectivity index (χ3v) is 7.11. The van der Waals surface area contributed by atoms with E-state index in [1.54, 1.807) is 49.4 Å². The predicted molar refractivity (Wildman–Crippen MR) is 140 cm³/mol. The fraction of sp³-hybridized carbons (Fsp3) is 0.250. The summed E-state index contributed by atoms with van der Waals surface area (Å²) in [5.74, 6) is -0.296. The lowest BCUT2D eigenvalue weighted by Crippen LogP contribution is -2.53. The van der Waals surface area contributed by atoms with Crippen LogP contribution in [-0.4, -0.2) is 45.3 Å². The molecule has 0 saturated heterocycles. The van der Waals surface area contributed by atoms with E-state index in [9.17, 15) is 41.0 Å². The zero-order valence-electron chi connectivity index (χ0n) is 21.3. The van der Waals surface area contributed by atoms with Gasteiger partial charge in [-0.1, -0.05) is 42.5 Å². The molecule has 0 radical (unpaired) electrons. The van der Waals surface area contributed by atoms with Crippen molar-refractivity contribution in [1.29, 1.82) is 0 Å². The number of nitrogens with zero attached hydrogens (tertiary/aromatic N) is 2. The van der Waals surface area contributed by atoms with E-state index in [1.807, 2.05) is 0 Å². The number of hydrogen-bond acceptors (Lipinski definition) is 6. The number of benzene rings is 3. The number of hydrogen-bond donors (Lipinski definition) is 1. The van der Waals surface area contributed by atoms with Crippen molar-refractivity contribution in [2.45, 2.75) is 36.2 Å². The summed E-state index contributed by atoms with van der Waals surface area (Å²) in [6.07, 6.45) is -12.0. The number of carbonyl (C=O) groups excluding carboxylic acids is 1. The van der Waals surface area contributed by atoms with Gasteiger partial charge in [0, 0.05) is 16.9 Å². The highest BCUT2D eigenvalue weighted by molar-refractivity contribution is 8.00. The molecule has 4 aromatic rings. The van der Waals surface area contributed by atoms with E-state index in [-0.39, 0.29) is 35.7 Å². The molecule has 0 atom stereocenters. The Morgan fingerprint density at radius 1 is 0.951 bits per heavy atom. The summed E-state index contributed by atoms with van der Waals surface area (Å²) in [5, 5.41) is 9.86. The van der Waals surface area contributed by atoms with E-state index in [0.717, 1.165) is 34.0 Å². The molecule has 6 nitrogen and oxygen atoms in total. The van der Waals surface area contributed by atoms with Crippen LogP contribution in [0.15, 0.2) is 82.5 Å². The lowest BCUT2D eigenvalue weighted by molar-refractivity contribution is -0.376. The van der Waals surface area contributed by atoms with Gasteiger partial charge in [-0.15, -0.1) is 11.8 Å². The van der Waals surface area contributed by atoms with E-state index < -0.39 is 35.0 Å². The molecule has 0 aliphatic carbocycles. The molecule has 41 heavy (non-hydrogen) atoms. The van der Waals surface area contributed by atoms with E-state index in [0.29, 0.717) is 22.5 Å². The zero-order chi connectivity index (χ0) is 30.0. The highest BCUT2D eigenvalue weighted by atomic mass is 32.2. The Balaban J connectivity index is 1.85. The Hall–Kier alpha value is -3.84. The van der Waals surface area contributed by atoms with E-state index in [4.69, 9.17) is 4.74 Å². The van der Waals surface area contributed by atoms with E-state index in [2.05, 4.69) is 4.98 Å². The monoisotopic (exact) mass is 596 g/mol. The largest absolute Gasteiger partial charge is 0.465 e. The Kier molecular flexibility index (Phi) is 8.50. The molecule has 1 heterocycles. The molecule has 0 aliphatic rings. The standard InChI is InChI=1S/C28H22F6N2O4S/c1-2-40-24(37)16-41-20-12-13-22-21(15-20)25(38)36(23(35-22)14-17-6-4-3-5-7-17)19-10-8-18(9-11-19)26(39,27(29,30)31)28(32,33)34/h3-13,15,39H,2,14,16H2,1H3. The van der Waals surface area contributed by atoms with Crippen LogP contribution in [0.25, 0.3) is 16.6 Å². The second-order valence-corrected chi connectivity index (χ2v) is 9.91. The summed E-state index contributed by atoms with van der Waals surface area (Å²) < 4.78 is 86.3. The first kappa shape index (κ1) is 30.1. The van der Waals surface area contributed by atoms with Gasteiger partial charge in [0.15, 0.2) is 0 Å². The van der Waals surface area contributed by atoms with Gasteiger partial charge < -0.3 is 9.84 Å². The number of alkyl halides is 6. The fourth-order valence-corrected chi connectivity index (χ4v) is 4.88. The number of aromatic nitrogens is 2. The number of carbonyl (C=O) groups is 1. The van der Waals surface area contributed by atoms with Crippen LogP contribution in [0.2, 0.25) is 0 Å². The quantitative estimate of drug-likeness (QED) is 0.154. The first-order valence-corrected chi connectivity index (χ1v) is 13.1. The SMILES string of the molecule is CCOC(=O)CSc1ccc2nc(Cc3ccccc3)n(-c3ccc(C(O)(C(F)(F)F)C(F)(F)F)cc3)c(=O)c2c1. The van der Waals surface area contributed by atoms with Crippen molar-refractivity contribution in [1.82, 2.24) is 9.55 Å². The van der Waals surface area contributed by atoms with Crippen LogP contribution in [0.1, 0.15) is 23.9 Å². The van der Waals surface area contributed by atoms with E-state index >= 15 is 0 Å². The summed E-state index contributed by atoms with van der Waals surface area (Å²) >= 11 is 1.12. The Morgan fingerprint density at radius 3 is 2.17 bits per heavy atom. The molecule has 0 unspecified atom stereocenters. The van der Waals surface area contributed by atoms with Gasteiger partial charge in [-0.25, -0.2) is 4.98 Å². The van der Waals surface area contributed by atoms with Crippen molar-refractivity contribution in [3.8, 4) is 5.69 Å². The van der Waals surface area contributed by atoms with Gasteiger partial charge in [0.1, 0.15) is 5.82 Å². The maximum Gasteiger partial charge on any atom is 0.430 e. The smallest absolute Gasteiger partial charge is 0.430 e. The van der Waals surface area contributed by atoms with E-state index in [1.165, 1.54) is 6.07 Å².